The standard InChI is InChI=1S/C25H32ClN5O/c1-19(2)11-13-31-23(28-22-8-5-12-27-25(22)31)9-4-10-24(32)30-16-14-29(15-17-30)21-7-3-6-20(26)18-21/h3,5-8,12,18-19H,4,9-11,13-17H2,1-2H3. The minimum atomic E-state index is 0.235. The molecule has 0 N–H and O–H groups in total. The summed E-state index contributed by atoms with van der Waals surface area (Å²) in [5.74, 6) is 1.90. The number of aromatic nitrogens is 3. The monoisotopic (exact) mass is 453 g/mol. The van der Waals surface area contributed by atoms with Crippen LogP contribution in [0.3, 0.4) is 0 Å². The van der Waals surface area contributed by atoms with E-state index in [0.29, 0.717) is 12.3 Å². The van der Waals surface area contributed by atoms with E-state index < -0.39 is 0 Å². The summed E-state index contributed by atoms with van der Waals surface area (Å²) in [4.78, 5) is 26.4. The zero-order valence-electron chi connectivity index (χ0n) is 19.0. The number of aryl methyl sites for hydroxylation is 2. The molecule has 1 aromatic carbocycles. The molecule has 1 amide bonds. The summed E-state index contributed by atoms with van der Waals surface area (Å²) in [6, 6.07) is 11.9. The van der Waals surface area contributed by atoms with E-state index >= 15 is 0 Å². The van der Waals surface area contributed by atoms with E-state index in [1.807, 2.05) is 41.4 Å². The minimum absolute atomic E-state index is 0.235. The Bertz CT molecular complexity index is 1060. The van der Waals surface area contributed by atoms with Gasteiger partial charge in [0.25, 0.3) is 0 Å². The van der Waals surface area contributed by atoms with Crippen molar-refractivity contribution in [3.05, 3.63) is 53.4 Å². The van der Waals surface area contributed by atoms with Crippen molar-refractivity contribution in [2.75, 3.05) is 31.1 Å². The molecule has 1 fully saturated rings. The molecule has 170 valence electrons. The second-order valence-corrected chi connectivity index (χ2v) is 9.35. The van der Waals surface area contributed by atoms with Gasteiger partial charge in [0.05, 0.1) is 0 Å². The van der Waals surface area contributed by atoms with Gasteiger partial charge in [-0.1, -0.05) is 31.5 Å². The smallest absolute Gasteiger partial charge is 0.222 e. The van der Waals surface area contributed by atoms with E-state index in [1.54, 1.807) is 0 Å². The quantitative estimate of drug-likeness (QED) is 0.491. The number of rotatable bonds is 8. The molecule has 0 bridgehead atoms. The van der Waals surface area contributed by atoms with E-state index in [9.17, 15) is 4.79 Å². The van der Waals surface area contributed by atoms with E-state index in [-0.39, 0.29) is 5.91 Å². The molecule has 32 heavy (non-hydrogen) atoms. The molecule has 7 heteroatoms. The first-order valence-corrected chi connectivity index (χ1v) is 12.0. The number of amides is 1. The first kappa shape index (κ1) is 22.6. The lowest BCUT2D eigenvalue weighted by atomic mass is 10.1. The number of carbonyl (C=O) groups is 1. The van der Waals surface area contributed by atoms with Crippen LogP contribution in [0.15, 0.2) is 42.6 Å². The molecule has 0 unspecified atom stereocenters. The van der Waals surface area contributed by atoms with Crippen LogP contribution < -0.4 is 4.90 Å². The lowest BCUT2D eigenvalue weighted by molar-refractivity contribution is -0.131. The minimum Gasteiger partial charge on any atom is -0.368 e. The van der Waals surface area contributed by atoms with Crippen LogP contribution in [0, 0.1) is 5.92 Å². The van der Waals surface area contributed by atoms with Gasteiger partial charge in [-0.2, -0.15) is 0 Å². The molecular weight excluding hydrogens is 422 g/mol. The maximum absolute atomic E-state index is 12.8. The van der Waals surface area contributed by atoms with Crippen molar-refractivity contribution in [3.63, 3.8) is 0 Å². The van der Waals surface area contributed by atoms with E-state index in [2.05, 4.69) is 34.4 Å². The van der Waals surface area contributed by atoms with Crippen molar-refractivity contribution >= 4 is 34.4 Å². The lowest BCUT2D eigenvalue weighted by Gasteiger charge is -2.36. The molecule has 1 saturated heterocycles. The summed E-state index contributed by atoms with van der Waals surface area (Å²) in [6.45, 7) is 8.56. The largest absolute Gasteiger partial charge is 0.368 e. The van der Waals surface area contributed by atoms with Crippen LogP contribution in [0.2, 0.25) is 5.02 Å². The van der Waals surface area contributed by atoms with Crippen LogP contribution in [0.1, 0.15) is 38.9 Å². The molecule has 6 nitrogen and oxygen atoms in total. The highest BCUT2D eigenvalue weighted by Gasteiger charge is 2.21. The summed E-state index contributed by atoms with van der Waals surface area (Å²) in [6.07, 6.45) is 5.07. The summed E-state index contributed by atoms with van der Waals surface area (Å²) < 4.78 is 2.24. The molecule has 2 aromatic heterocycles. The van der Waals surface area contributed by atoms with Crippen LogP contribution in [-0.4, -0.2) is 51.5 Å². The predicted octanol–water partition coefficient (Wildman–Crippen LogP) is 4.80. The Labute approximate surface area is 195 Å². The molecule has 3 aromatic rings. The number of fused-ring (bicyclic) bond motifs is 1. The molecule has 0 aliphatic carbocycles. The highest BCUT2D eigenvalue weighted by Crippen LogP contribution is 2.21. The van der Waals surface area contributed by atoms with Gasteiger partial charge in [0.1, 0.15) is 11.3 Å². The topological polar surface area (TPSA) is 54.3 Å². The first-order chi connectivity index (χ1) is 15.5. The molecule has 4 rings (SSSR count). The Morgan fingerprint density at radius 3 is 2.69 bits per heavy atom. The number of nitrogens with zero attached hydrogens (tertiary/aromatic N) is 5. The van der Waals surface area contributed by atoms with Gasteiger partial charge in [-0.05, 0) is 49.1 Å². The second-order valence-electron chi connectivity index (χ2n) is 8.91. The number of hydrogen-bond donors (Lipinski definition) is 0. The van der Waals surface area contributed by atoms with Crippen molar-refractivity contribution in [1.82, 2.24) is 19.4 Å². The van der Waals surface area contributed by atoms with E-state index in [4.69, 9.17) is 16.6 Å². The predicted molar refractivity (Wildman–Crippen MR) is 130 cm³/mol. The molecule has 0 spiro atoms. The fraction of sp³-hybridized carbons (Fsp3) is 0.480. The van der Waals surface area contributed by atoms with Gasteiger partial charge in [-0.3, -0.25) is 4.79 Å². The maximum Gasteiger partial charge on any atom is 0.222 e. The van der Waals surface area contributed by atoms with Crippen molar-refractivity contribution < 1.29 is 4.79 Å². The third-order valence-corrected chi connectivity index (χ3v) is 6.34. The van der Waals surface area contributed by atoms with Crippen LogP contribution in [-0.2, 0) is 17.8 Å². The van der Waals surface area contributed by atoms with E-state index in [0.717, 1.165) is 79.7 Å². The highest BCUT2D eigenvalue weighted by atomic mass is 35.5. The molecule has 1 aliphatic heterocycles. The highest BCUT2D eigenvalue weighted by molar-refractivity contribution is 6.30. The number of piperazine rings is 1. The lowest BCUT2D eigenvalue weighted by Crippen LogP contribution is -2.48. The average molecular weight is 454 g/mol. The Morgan fingerprint density at radius 1 is 1.12 bits per heavy atom. The van der Waals surface area contributed by atoms with Gasteiger partial charge < -0.3 is 14.4 Å². The fourth-order valence-corrected chi connectivity index (χ4v) is 4.45. The SMILES string of the molecule is CC(C)CCn1c(CCCC(=O)N2CCN(c3cccc(Cl)c3)CC2)nc2cccnc21. The number of anilines is 1. The molecule has 1 aliphatic rings. The fourth-order valence-electron chi connectivity index (χ4n) is 4.26. The molecule has 0 radical (unpaired) electrons. The number of benzene rings is 1. The Kier molecular flexibility index (Phi) is 7.30. The van der Waals surface area contributed by atoms with Crippen molar-refractivity contribution in [1.29, 1.82) is 0 Å². The number of imidazole rings is 1. The Hall–Kier alpha value is -2.60. The molecular formula is C25H32ClN5O. The van der Waals surface area contributed by atoms with Crippen LogP contribution in [0.4, 0.5) is 5.69 Å². The van der Waals surface area contributed by atoms with Gasteiger partial charge in [-0.15, -0.1) is 0 Å². The normalized spacial score (nSPS) is 14.5. The molecule has 0 atom stereocenters. The van der Waals surface area contributed by atoms with Gasteiger partial charge in [0.2, 0.25) is 5.91 Å². The van der Waals surface area contributed by atoms with Crippen LogP contribution in [0.5, 0.6) is 0 Å². The van der Waals surface area contributed by atoms with Gasteiger partial charge in [-0.25, -0.2) is 9.97 Å². The van der Waals surface area contributed by atoms with Crippen molar-refractivity contribution in [3.8, 4) is 0 Å². The zero-order chi connectivity index (χ0) is 22.5. The number of pyridine rings is 1. The first-order valence-electron chi connectivity index (χ1n) is 11.6. The van der Waals surface area contributed by atoms with Crippen molar-refractivity contribution in [2.45, 2.75) is 46.1 Å². The van der Waals surface area contributed by atoms with Crippen molar-refractivity contribution in [2.24, 2.45) is 5.92 Å². The van der Waals surface area contributed by atoms with Gasteiger partial charge >= 0.3 is 0 Å². The summed E-state index contributed by atoms with van der Waals surface area (Å²) in [5, 5.41) is 0.746. The summed E-state index contributed by atoms with van der Waals surface area (Å²) >= 11 is 6.12. The Balaban J connectivity index is 1.30. The number of halogens is 1. The number of hydrogen-bond acceptors (Lipinski definition) is 4. The second kappa shape index (κ2) is 10.3. The number of carbonyl (C=O) groups excluding carboxylic acids is 1. The third kappa shape index (κ3) is 5.41. The third-order valence-electron chi connectivity index (χ3n) is 6.11. The van der Waals surface area contributed by atoms with Gasteiger partial charge in [0, 0.05) is 62.5 Å². The van der Waals surface area contributed by atoms with Crippen LogP contribution >= 0.6 is 11.6 Å². The molecule has 0 saturated carbocycles. The molecule has 3 heterocycles. The average Bonchev–Trinajstić information content (AvgIpc) is 3.15. The van der Waals surface area contributed by atoms with Gasteiger partial charge in [0.15, 0.2) is 5.65 Å². The Morgan fingerprint density at radius 2 is 1.94 bits per heavy atom. The summed E-state index contributed by atoms with van der Waals surface area (Å²) in [7, 11) is 0. The van der Waals surface area contributed by atoms with Crippen LogP contribution in [0.25, 0.3) is 11.2 Å². The summed E-state index contributed by atoms with van der Waals surface area (Å²) in [5.41, 5.74) is 3.01. The maximum atomic E-state index is 12.8. The van der Waals surface area contributed by atoms with E-state index in [1.165, 1.54) is 0 Å². The zero-order valence-corrected chi connectivity index (χ0v) is 19.8.